The molecular formula is C16H23ClN2O4S. The fraction of sp³-hybridized carbons (Fsp3) is 0.562. The Bertz CT molecular complexity index is 685. The van der Waals surface area contributed by atoms with Crippen LogP contribution in [0.15, 0.2) is 23.1 Å². The summed E-state index contributed by atoms with van der Waals surface area (Å²) in [5, 5.41) is 3.59. The molecular weight excluding hydrogens is 352 g/mol. The third-order valence-electron chi connectivity index (χ3n) is 4.22. The number of nitrogens with one attached hydrogen (secondary N) is 1. The lowest BCUT2D eigenvalue weighted by molar-refractivity contribution is 0.0596. The smallest absolute Gasteiger partial charge is 0.339 e. The maximum atomic E-state index is 12.9. The van der Waals surface area contributed by atoms with Gasteiger partial charge in [0, 0.05) is 18.1 Å². The highest BCUT2D eigenvalue weighted by Crippen LogP contribution is 2.27. The molecule has 0 aliphatic carbocycles. The summed E-state index contributed by atoms with van der Waals surface area (Å²) in [7, 11) is -2.54. The largest absolute Gasteiger partial charge is 0.465 e. The van der Waals surface area contributed by atoms with Crippen LogP contribution in [-0.2, 0) is 14.8 Å². The summed E-state index contributed by atoms with van der Waals surface area (Å²) in [5.74, 6) is -0.236. The molecule has 2 rings (SSSR count). The summed E-state index contributed by atoms with van der Waals surface area (Å²) >= 11 is 5.90. The van der Waals surface area contributed by atoms with Gasteiger partial charge in [0.2, 0.25) is 10.0 Å². The first-order valence-corrected chi connectivity index (χ1v) is 9.80. The lowest BCUT2D eigenvalue weighted by atomic mass is 9.98. The predicted octanol–water partition coefficient (Wildman–Crippen LogP) is 2.14. The van der Waals surface area contributed by atoms with Gasteiger partial charge in [0.15, 0.2) is 0 Å². The number of hydrogen-bond donors (Lipinski definition) is 1. The maximum absolute atomic E-state index is 12.9. The number of benzene rings is 1. The van der Waals surface area contributed by atoms with Crippen molar-refractivity contribution in [2.75, 3.05) is 33.3 Å². The summed E-state index contributed by atoms with van der Waals surface area (Å²) in [4.78, 5) is 11.9. The number of methoxy groups -OCH3 is 1. The van der Waals surface area contributed by atoms with Crippen molar-refractivity contribution in [3.8, 4) is 0 Å². The lowest BCUT2D eigenvalue weighted by Gasteiger charge is -2.31. The van der Waals surface area contributed by atoms with Crippen molar-refractivity contribution in [3.63, 3.8) is 0 Å². The number of nitrogens with zero attached hydrogens (tertiary/aromatic N) is 1. The lowest BCUT2D eigenvalue weighted by Crippen LogP contribution is -2.41. The van der Waals surface area contributed by atoms with E-state index >= 15 is 0 Å². The van der Waals surface area contributed by atoms with E-state index in [1.807, 2.05) is 0 Å². The molecule has 1 aliphatic heterocycles. The molecule has 1 aliphatic rings. The fourth-order valence-corrected chi connectivity index (χ4v) is 4.64. The van der Waals surface area contributed by atoms with Crippen LogP contribution in [0.5, 0.6) is 0 Å². The zero-order chi connectivity index (χ0) is 17.7. The van der Waals surface area contributed by atoms with Gasteiger partial charge in [-0.1, -0.05) is 18.5 Å². The Kier molecular flexibility index (Phi) is 6.62. The van der Waals surface area contributed by atoms with Crippen molar-refractivity contribution in [1.29, 1.82) is 0 Å². The number of ether oxygens (including phenoxy) is 1. The van der Waals surface area contributed by atoms with Crippen molar-refractivity contribution < 1.29 is 17.9 Å². The normalized spacial score (nSPS) is 17.0. The van der Waals surface area contributed by atoms with Gasteiger partial charge < -0.3 is 10.1 Å². The van der Waals surface area contributed by atoms with Gasteiger partial charge in [-0.25, -0.2) is 13.2 Å². The number of esters is 1. The minimum atomic E-state index is -3.76. The number of sulfonamides is 1. The van der Waals surface area contributed by atoms with Gasteiger partial charge in [0.25, 0.3) is 0 Å². The van der Waals surface area contributed by atoms with Gasteiger partial charge in [-0.15, -0.1) is 0 Å². The summed E-state index contributed by atoms with van der Waals surface area (Å²) < 4.78 is 32.0. The Morgan fingerprint density at radius 2 is 2.04 bits per heavy atom. The zero-order valence-corrected chi connectivity index (χ0v) is 15.5. The average Bonchev–Trinajstić information content (AvgIpc) is 2.59. The first kappa shape index (κ1) is 19.2. The molecule has 1 aromatic carbocycles. The molecule has 0 aromatic heterocycles. The molecule has 0 bridgehead atoms. The Morgan fingerprint density at radius 3 is 2.62 bits per heavy atom. The van der Waals surface area contributed by atoms with Crippen LogP contribution in [0.25, 0.3) is 0 Å². The Hall–Kier alpha value is -1.15. The first-order valence-electron chi connectivity index (χ1n) is 7.98. The molecule has 1 saturated heterocycles. The summed E-state index contributed by atoms with van der Waals surface area (Å²) in [6, 6.07) is 4.17. The van der Waals surface area contributed by atoms with Gasteiger partial charge in [-0.2, -0.15) is 4.31 Å². The van der Waals surface area contributed by atoms with Gasteiger partial charge in [0.05, 0.1) is 17.6 Å². The molecule has 6 nitrogen and oxygen atoms in total. The second kappa shape index (κ2) is 8.29. The Balaban J connectivity index is 2.21. The quantitative estimate of drug-likeness (QED) is 0.772. The van der Waals surface area contributed by atoms with E-state index in [1.165, 1.54) is 29.6 Å². The van der Waals surface area contributed by atoms with Crippen LogP contribution in [0.2, 0.25) is 5.02 Å². The van der Waals surface area contributed by atoms with Crippen LogP contribution in [0.1, 0.15) is 30.1 Å². The molecule has 1 N–H and O–H groups in total. The van der Waals surface area contributed by atoms with Crippen molar-refractivity contribution >= 4 is 27.6 Å². The van der Waals surface area contributed by atoms with Crippen LogP contribution in [0.4, 0.5) is 0 Å². The summed E-state index contributed by atoms with van der Waals surface area (Å²) in [6.07, 6.45) is 1.60. The summed E-state index contributed by atoms with van der Waals surface area (Å²) in [6.45, 7) is 4.75. The minimum Gasteiger partial charge on any atom is -0.465 e. The molecule has 0 atom stereocenters. The monoisotopic (exact) mass is 374 g/mol. The second-order valence-electron chi connectivity index (χ2n) is 5.79. The van der Waals surface area contributed by atoms with Crippen molar-refractivity contribution in [2.24, 2.45) is 5.92 Å². The highest BCUT2D eigenvalue weighted by molar-refractivity contribution is 7.89. The molecule has 134 valence electrons. The third kappa shape index (κ3) is 4.27. The topological polar surface area (TPSA) is 75.7 Å². The third-order valence-corrected chi connectivity index (χ3v) is 6.41. The van der Waals surface area contributed by atoms with Crippen LogP contribution in [-0.4, -0.2) is 52.0 Å². The molecule has 1 heterocycles. The minimum absolute atomic E-state index is 0.0280. The van der Waals surface area contributed by atoms with E-state index in [9.17, 15) is 13.2 Å². The molecule has 0 saturated carbocycles. The number of halogens is 1. The van der Waals surface area contributed by atoms with E-state index < -0.39 is 16.0 Å². The predicted molar refractivity (Wildman–Crippen MR) is 92.8 cm³/mol. The molecule has 0 spiro atoms. The van der Waals surface area contributed by atoms with Gasteiger partial charge in [0.1, 0.15) is 0 Å². The van der Waals surface area contributed by atoms with Gasteiger partial charge in [-0.3, -0.25) is 0 Å². The van der Waals surface area contributed by atoms with Crippen LogP contribution < -0.4 is 5.32 Å². The van der Waals surface area contributed by atoms with Crippen molar-refractivity contribution in [2.45, 2.75) is 24.7 Å². The van der Waals surface area contributed by atoms with Crippen LogP contribution in [0.3, 0.4) is 0 Å². The number of rotatable bonds is 6. The first-order chi connectivity index (χ1) is 11.4. The molecule has 0 unspecified atom stereocenters. The molecule has 8 heteroatoms. The number of carbonyl (C=O) groups excluding carboxylic acids is 1. The van der Waals surface area contributed by atoms with E-state index in [1.54, 1.807) is 0 Å². The molecule has 1 fully saturated rings. The second-order valence-corrected chi connectivity index (χ2v) is 8.13. The van der Waals surface area contributed by atoms with Crippen LogP contribution >= 0.6 is 11.6 Å². The van der Waals surface area contributed by atoms with Gasteiger partial charge in [-0.05, 0) is 50.0 Å². The van der Waals surface area contributed by atoms with E-state index in [0.29, 0.717) is 24.0 Å². The van der Waals surface area contributed by atoms with Crippen LogP contribution in [0, 0.1) is 5.92 Å². The average molecular weight is 375 g/mol. The number of carbonyl (C=O) groups is 1. The van der Waals surface area contributed by atoms with E-state index in [-0.39, 0.29) is 10.5 Å². The van der Waals surface area contributed by atoms with E-state index in [2.05, 4.69) is 17.0 Å². The SMILES string of the molecule is CCNCC1CCN(S(=O)(=O)c2ccc(Cl)cc2C(=O)OC)CC1. The Labute approximate surface area is 148 Å². The zero-order valence-electron chi connectivity index (χ0n) is 13.9. The molecule has 24 heavy (non-hydrogen) atoms. The molecule has 0 amide bonds. The van der Waals surface area contributed by atoms with E-state index in [4.69, 9.17) is 11.6 Å². The molecule has 0 radical (unpaired) electrons. The number of hydrogen-bond acceptors (Lipinski definition) is 5. The highest BCUT2D eigenvalue weighted by atomic mass is 35.5. The maximum Gasteiger partial charge on any atom is 0.339 e. The van der Waals surface area contributed by atoms with Gasteiger partial charge >= 0.3 is 5.97 Å². The fourth-order valence-electron chi connectivity index (χ4n) is 2.84. The Morgan fingerprint density at radius 1 is 1.38 bits per heavy atom. The highest BCUT2D eigenvalue weighted by Gasteiger charge is 2.32. The number of piperidine rings is 1. The summed E-state index contributed by atoms with van der Waals surface area (Å²) in [5.41, 5.74) is -0.0280. The standard InChI is InChI=1S/C16H23ClN2O4S/c1-3-18-11-12-6-8-19(9-7-12)24(21,22)15-5-4-13(17)10-14(15)16(20)23-2/h4-5,10,12,18H,3,6-9,11H2,1-2H3. The van der Waals surface area contributed by atoms with Crippen molar-refractivity contribution in [1.82, 2.24) is 9.62 Å². The van der Waals surface area contributed by atoms with Crippen molar-refractivity contribution in [3.05, 3.63) is 28.8 Å². The molecule has 1 aromatic rings. The van der Waals surface area contributed by atoms with E-state index in [0.717, 1.165) is 25.9 Å².